The van der Waals surface area contributed by atoms with Crippen molar-refractivity contribution in [3.05, 3.63) is 78.7 Å². The third kappa shape index (κ3) is 4.51. The molecule has 0 saturated carbocycles. The highest BCUT2D eigenvalue weighted by atomic mass is 32.1. The van der Waals surface area contributed by atoms with Gasteiger partial charge < -0.3 is 18.8 Å². The van der Waals surface area contributed by atoms with E-state index in [0.717, 1.165) is 37.4 Å². The monoisotopic (exact) mass is 507 g/mol. The van der Waals surface area contributed by atoms with Gasteiger partial charge in [-0.1, -0.05) is 23.5 Å². The zero-order valence-corrected chi connectivity index (χ0v) is 21.5. The fourth-order valence-electron chi connectivity index (χ4n) is 4.73. The normalized spacial score (nSPS) is 18.1. The van der Waals surface area contributed by atoms with Gasteiger partial charge in [0.25, 0.3) is 5.56 Å². The minimum absolute atomic E-state index is 0.229. The zero-order valence-electron chi connectivity index (χ0n) is 20.7. The lowest BCUT2D eigenvalue weighted by molar-refractivity contribution is -0.139. The van der Waals surface area contributed by atoms with Crippen LogP contribution in [0.2, 0.25) is 0 Å². The number of rotatable bonds is 6. The van der Waals surface area contributed by atoms with Crippen molar-refractivity contribution < 1.29 is 18.7 Å². The van der Waals surface area contributed by atoms with E-state index in [1.54, 1.807) is 31.6 Å². The number of thiazole rings is 1. The predicted molar refractivity (Wildman–Crippen MR) is 138 cm³/mol. The number of allylic oxidation sites excluding steroid dienone is 1. The Bertz CT molecular complexity index is 1470. The standard InChI is InChI=1S/C27H29N3O5S/c1-4-34-26(32)23-17(2)28-27-30(24(23)18-8-10-19(33-3)11-9-18)25(31)21(36-27)16-20-12-13-22(35-20)29-14-6-5-7-15-29/h8-13,16,24H,4-7,14-15H2,1-3H3/t24-/m0/s1. The van der Waals surface area contributed by atoms with Crippen molar-refractivity contribution in [3.63, 3.8) is 0 Å². The number of carbonyl (C=O) groups is 1. The highest BCUT2D eigenvalue weighted by Crippen LogP contribution is 2.31. The van der Waals surface area contributed by atoms with E-state index in [4.69, 9.17) is 13.9 Å². The van der Waals surface area contributed by atoms with Gasteiger partial charge in [0.1, 0.15) is 11.5 Å². The van der Waals surface area contributed by atoms with Crippen LogP contribution in [0.4, 0.5) is 5.88 Å². The van der Waals surface area contributed by atoms with E-state index in [0.29, 0.717) is 32.1 Å². The van der Waals surface area contributed by atoms with Gasteiger partial charge in [-0.25, -0.2) is 9.79 Å². The molecule has 5 rings (SSSR count). The van der Waals surface area contributed by atoms with E-state index in [2.05, 4.69) is 9.89 Å². The minimum Gasteiger partial charge on any atom is -0.497 e. The number of benzene rings is 1. The zero-order chi connectivity index (χ0) is 25.2. The van der Waals surface area contributed by atoms with Crippen LogP contribution in [0, 0.1) is 0 Å². The van der Waals surface area contributed by atoms with Crippen LogP contribution in [0.25, 0.3) is 6.08 Å². The lowest BCUT2D eigenvalue weighted by Crippen LogP contribution is -2.39. The second kappa shape index (κ2) is 10.2. The van der Waals surface area contributed by atoms with Gasteiger partial charge >= 0.3 is 5.97 Å². The molecular formula is C27H29N3O5S. The first-order chi connectivity index (χ1) is 17.5. The number of furan rings is 1. The number of nitrogens with zero attached hydrogens (tertiary/aromatic N) is 3. The molecule has 0 bridgehead atoms. The fourth-order valence-corrected chi connectivity index (χ4v) is 5.75. The molecule has 4 heterocycles. The van der Waals surface area contributed by atoms with Crippen LogP contribution in [0.1, 0.15) is 50.5 Å². The summed E-state index contributed by atoms with van der Waals surface area (Å²) >= 11 is 1.28. The first-order valence-electron chi connectivity index (χ1n) is 12.2. The van der Waals surface area contributed by atoms with Crippen molar-refractivity contribution in [2.75, 3.05) is 31.7 Å². The second-order valence-electron chi connectivity index (χ2n) is 8.80. The molecule has 1 fully saturated rings. The van der Waals surface area contributed by atoms with Crippen molar-refractivity contribution >= 4 is 29.3 Å². The van der Waals surface area contributed by atoms with Crippen molar-refractivity contribution in [3.8, 4) is 5.75 Å². The lowest BCUT2D eigenvalue weighted by atomic mass is 9.96. The first kappa shape index (κ1) is 24.1. The predicted octanol–water partition coefficient (Wildman–Crippen LogP) is 3.39. The number of aromatic nitrogens is 1. The minimum atomic E-state index is -0.658. The molecule has 0 unspecified atom stereocenters. The van der Waals surface area contributed by atoms with Crippen LogP contribution in [0.3, 0.4) is 0 Å². The molecular weight excluding hydrogens is 478 g/mol. The van der Waals surface area contributed by atoms with Crippen LogP contribution in [-0.4, -0.2) is 37.3 Å². The average molecular weight is 508 g/mol. The van der Waals surface area contributed by atoms with Crippen molar-refractivity contribution in [1.29, 1.82) is 0 Å². The maximum atomic E-state index is 13.7. The lowest BCUT2D eigenvalue weighted by Gasteiger charge is -2.25. The van der Waals surface area contributed by atoms with Gasteiger partial charge in [-0.05, 0) is 56.9 Å². The number of piperidine rings is 1. The second-order valence-corrected chi connectivity index (χ2v) is 9.81. The maximum Gasteiger partial charge on any atom is 0.338 e. The Morgan fingerprint density at radius 2 is 1.92 bits per heavy atom. The van der Waals surface area contributed by atoms with E-state index in [9.17, 15) is 9.59 Å². The molecule has 3 aromatic rings. The number of methoxy groups -OCH3 is 1. The molecule has 2 aliphatic rings. The van der Waals surface area contributed by atoms with Crippen LogP contribution < -0.4 is 24.5 Å². The summed E-state index contributed by atoms with van der Waals surface area (Å²) < 4.78 is 18.8. The van der Waals surface area contributed by atoms with E-state index in [1.807, 2.05) is 36.4 Å². The third-order valence-electron chi connectivity index (χ3n) is 6.50. The summed E-state index contributed by atoms with van der Waals surface area (Å²) in [6, 6.07) is 10.5. The van der Waals surface area contributed by atoms with Crippen molar-refractivity contribution in [2.24, 2.45) is 4.99 Å². The Balaban J connectivity index is 1.60. The van der Waals surface area contributed by atoms with Gasteiger partial charge in [0.2, 0.25) is 0 Å². The van der Waals surface area contributed by atoms with Crippen LogP contribution >= 0.6 is 11.3 Å². The summed E-state index contributed by atoms with van der Waals surface area (Å²) in [5.74, 6) is 1.64. The molecule has 0 spiro atoms. The Morgan fingerprint density at radius 3 is 2.61 bits per heavy atom. The maximum absolute atomic E-state index is 13.7. The molecule has 9 heteroatoms. The molecule has 188 valence electrons. The van der Waals surface area contributed by atoms with E-state index < -0.39 is 12.0 Å². The molecule has 8 nitrogen and oxygen atoms in total. The summed E-state index contributed by atoms with van der Waals surface area (Å²) in [6.07, 6.45) is 5.31. The molecule has 1 saturated heterocycles. The Morgan fingerprint density at radius 1 is 1.17 bits per heavy atom. The van der Waals surface area contributed by atoms with Crippen LogP contribution in [-0.2, 0) is 9.53 Å². The first-order valence-corrected chi connectivity index (χ1v) is 13.0. The largest absolute Gasteiger partial charge is 0.497 e. The molecule has 0 radical (unpaired) electrons. The highest BCUT2D eigenvalue weighted by Gasteiger charge is 2.33. The SMILES string of the molecule is CCOC(=O)C1=C(C)N=c2sc(=Cc3ccc(N4CCCCC4)o3)c(=O)n2[C@H]1c1ccc(OC)cc1. The molecule has 36 heavy (non-hydrogen) atoms. The van der Waals surface area contributed by atoms with Crippen LogP contribution in [0.5, 0.6) is 5.75 Å². The quantitative estimate of drug-likeness (QED) is 0.476. The highest BCUT2D eigenvalue weighted by molar-refractivity contribution is 7.07. The number of hydrogen-bond acceptors (Lipinski definition) is 8. The number of carbonyl (C=O) groups excluding carboxylic acids is 1. The van der Waals surface area contributed by atoms with Crippen LogP contribution in [0.15, 0.2) is 61.9 Å². The number of anilines is 1. The summed E-state index contributed by atoms with van der Waals surface area (Å²) in [7, 11) is 1.59. The Kier molecular flexibility index (Phi) is 6.82. The summed E-state index contributed by atoms with van der Waals surface area (Å²) in [4.78, 5) is 34.1. The Hall–Kier alpha value is -3.59. The topological polar surface area (TPSA) is 86.3 Å². The molecule has 1 aromatic carbocycles. The average Bonchev–Trinajstić information content (AvgIpc) is 3.48. The molecule has 0 amide bonds. The molecule has 2 aromatic heterocycles. The van der Waals surface area contributed by atoms with E-state index in [-0.39, 0.29) is 12.2 Å². The Labute approximate surface area is 212 Å². The third-order valence-corrected chi connectivity index (χ3v) is 7.49. The number of hydrogen-bond donors (Lipinski definition) is 0. The van der Waals surface area contributed by atoms with Gasteiger partial charge in [-0.15, -0.1) is 0 Å². The van der Waals surface area contributed by atoms with Crippen molar-refractivity contribution in [1.82, 2.24) is 4.57 Å². The van der Waals surface area contributed by atoms with E-state index >= 15 is 0 Å². The van der Waals surface area contributed by atoms with E-state index in [1.165, 1.54) is 17.8 Å². The van der Waals surface area contributed by atoms with Crippen molar-refractivity contribution in [2.45, 2.75) is 39.2 Å². The summed E-state index contributed by atoms with van der Waals surface area (Å²) in [5.41, 5.74) is 1.43. The van der Waals surface area contributed by atoms with Gasteiger partial charge in [-0.2, -0.15) is 0 Å². The molecule has 0 N–H and O–H groups in total. The molecule has 1 atom stereocenters. The molecule has 2 aliphatic heterocycles. The number of fused-ring (bicyclic) bond motifs is 1. The fraction of sp³-hybridized carbons (Fsp3) is 0.370. The number of ether oxygens (including phenoxy) is 2. The number of esters is 1. The smallest absolute Gasteiger partial charge is 0.338 e. The van der Waals surface area contributed by atoms with Gasteiger partial charge in [0.05, 0.1) is 35.6 Å². The van der Waals surface area contributed by atoms with Gasteiger partial charge in [0.15, 0.2) is 10.7 Å². The van der Waals surface area contributed by atoms with Gasteiger partial charge in [0, 0.05) is 25.2 Å². The molecule has 0 aliphatic carbocycles. The summed E-state index contributed by atoms with van der Waals surface area (Å²) in [6.45, 7) is 5.72. The van der Waals surface area contributed by atoms with Gasteiger partial charge in [-0.3, -0.25) is 9.36 Å². The summed E-state index contributed by atoms with van der Waals surface area (Å²) in [5, 5.41) is 0.